The normalized spacial score (nSPS) is 10.0. The topological polar surface area (TPSA) is 77.4 Å². The SMILES string of the molecule is COc1c(CNCCNC(=O)COc2ccccc2)c(C)nn1C.Cl. The Balaban J connectivity index is 0.00000312. The van der Waals surface area contributed by atoms with Crippen molar-refractivity contribution in [1.82, 2.24) is 20.4 Å². The first-order valence-corrected chi connectivity index (χ1v) is 7.83. The largest absolute Gasteiger partial charge is 0.484 e. The van der Waals surface area contributed by atoms with Crippen LogP contribution in [0.1, 0.15) is 11.3 Å². The molecule has 0 atom stereocenters. The summed E-state index contributed by atoms with van der Waals surface area (Å²) in [5.41, 5.74) is 1.96. The van der Waals surface area contributed by atoms with Crippen LogP contribution in [-0.2, 0) is 18.4 Å². The molecule has 1 amide bonds. The van der Waals surface area contributed by atoms with Crippen molar-refractivity contribution in [2.45, 2.75) is 13.5 Å². The average Bonchev–Trinajstić information content (AvgIpc) is 2.86. The number of carbonyl (C=O) groups excluding carboxylic acids is 1. The third kappa shape index (κ3) is 6.28. The van der Waals surface area contributed by atoms with Crippen molar-refractivity contribution < 1.29 is 14.3 Å². The van der Waals surface area contributed by atoms with Crippen molar-refractivity contribution in [2.75, 3.05) is 26.8 Å². The van der Waals surface area contributed by atoms with Gasteiger partial charge in [-0.3, -0.25) is 4.79 Å². The van der Waals surface area contributed by atoms with Gasteiger partial charge in [-0.1, -0.05) is 18.2 Å². The maximum atomic E-state index is 11.7. The Hall–Kier alpha value is -2.25. The molecule has 0 radical (unpaired) electrons. The summed E-state index contributed by atoms with van der Waals surface area (Å²) >= 11 is 0. The van der Waals surface area contributed by atoms with E-state index in [4.69, 9.17) is 9.47 Å². The number of ether oxygens (including phenoxy) is 2. The highest BCUT2D eigenvalue weighted by Crippen LogP contribution is 2.20. The Labute approximate surface area is 154 Å². The molecule has 1 aromatic heterocycles. The highest BCUT2D eigenvalue weighted by molar-refractivity contribution is 5.85. The summed E-state index contributed by atoms with van der Waals surface area (Å²) in [4.78, 5) is 11.7. The number of halogens is 1. The van der Waals surface area contributed by atoms with Crippen molar-refractivity contribution in [1.29, 1.82) is 0 Å². The Morgan fingerprint density at radius 2 is 1.96 bits per heavy atom. The molecule has 2 N–H and O–H groups in total. The van der Waals surface area contributed by atoms with Gasteiger partial charge in [-0.05, 0) is 19.1 Å². The van der Waals surface area contributed by atoms with E-state index in [9.17, 15) is 4.79 Å². The number of nitrogens with zero attached hydrogens (tertiary/aromatic N) is 2. The van der Waals surface area contributed by atoms with E-state index in [0.29, 0.717) is 25.4 Å². The lowest BCUT2D eigenvalue weighted by atomic mass is 10.2. The summed E-state index contributed by atoms with van der Waals surface area (Å²) in [5, 5.41) is 10.4. The van der Waals surface area contributed by atoms with Gasteiger partial charge in [-0.25, -0.2) is 4.68 Å². The number of nitrogens with one attached hydrogen (secondary N) is 2. The predicted octanol–water partition coefficient (Wildman–Crippen LogP) is 1.44. The van der Waals surface area contributed by atoms with Gasteiger partial charge in [0.1, 0.15) is 5.75 Å². The van der Waals surface area contributed by atoms with Gasteiger partial charge in [0.15, 0.2) is 6.61 Å². The van der Waals surface area contributed by atoms with Gasteiger partial charge in [0, 0.05) is 26.7 Å². The molecule has 0 aliphatic carbocycles. The minimum absolute atomic E-state index is 0. The molecule has 0 unspecified atom stereocenters. The Morgan fingerprint density at radius 1 is 1.24 bits per heavy atom. The van der Waals surface area contributed by atoms with Crippen LogP contribution in [0.5, 0.6) is 11.6 Å². The van der Waals surface area contributed by atoms with Gasteiger partial charge in [0.25, 0.3) is 5.91 Å². The number of aryl methyl sites for hydroxylation is 2. The van der Waals surface area contributed by atoms with E-state index in [1.807, 2.05) is 44.3 Å². The van der Waals surface area contributed by atoms with Crippen LogP contribution in [0, 0.1) is 6.92 Å². The summed E-state index contributed by atoms with van der Waals surface area (Å²) in [6.07, 6.45) is 0. The fourth-order valence-electron chi connectivity index (χ4n) is 2.36. The highest BCUT2D eigenvalue weighted by atomic mass is 35.5. The fourth-order valence-corrected chi connectivity index (χ4v) is 2.36. The lowest BCUT2D eigenvalue weighted by Crippen LogP contribution is -2.34. The van der Waals surface area contributed by atoms with Crippen molar-refractivity contribution >= 4 is 18.3 Å². The van der Waals surface area contributed by atoms with E-state index in [2.05, 4.69) is 15.7 Å². The summed E-state index contributed by atoms with van der Waals surface area (Å²) in [7, 11) is 3.48. The second-order valence-electron chi connectivity index (χ2n) is 5.33. The standard InChI is InChI=1S/C17H24N4O3.ClH/c1-13-15(17(23-3)21(2)20-13)11-18-9-10-19-16(22)12-24-14-7-5-4-6-8-14;/h4-8,18H,9-12H2,1-3H3,(H,19,22);1H. The molecule has 8 heteroatoms. The zero-order valence-corrected chi connectivity index (χ0v) is 15.6. The van der Waals surface area contributed by atoms with E-state index >= 15 is 0 Å². The molecule has 0 bridgehead atoms. The second kappa shape index (κ2) is 10.6. The first-order chi connectivity index (χ1) is 11.6. The Morgan fingerprint density at radius 3 is 2.64 bits per heavy atom. The monoisotopic (exact) mass is 368 g/mol. The minimum atomic E-state index is -0.143. The summed E-state index contributed by atoms with van der Waals surface area (Å²) in [5.74, 6) is 1.29. The molecule has 0 spiro atoms. The number of hydrogen-bond acceptors (Lipinski definition) is 5. The zero-order chi connectivity index (χ0) is 17.4. The number of amides is 1. The van der Waals surface area contributed by atoms with E-state index in [1.165, 1.54) is 0 Å². The van der Waals surface area contributed by atoms with Crippen LogP contribution < -0.4 is 20.1 Å². The summed E-state index contributed by atoms with van der Waals surface area (Å²) in [6.45, 7) is 3.77. The molecular weight excluding hydrogens is 344 g/mol. The van der Waals surface area contributed by atoms with Crippen molar-refractivity contribution in [2.24, 2.45) is 7.05 Å². The lowest BCUT2D eigenvalue weighted by Gasteiger charge is -2.09. The van der Waals surface area contributed by atoms with Crippen LogP contribution in [0.3, 0.4) is 0 Å². The quantitative estimate of drug-likeness (QED) is 0.655. The van der Waals surface area contributed by atoms with Crippen LogP contribution in [0.2, 0.25) is 0 Å². The molecule has 2 rings (SSSR count). The van der Waals surface area contributed by atoms with E-state index < -0.39 is 0 Å². The van der Waals surface area contributed by atoms with Gasteiger partial charge in [-0.2, -0.15) is 5.10 Å². The molecule has 2 aromatic rings. The number of aromatic nitrogens is 2. The molecule has 0 saturated heterocycles. The van der Waals surface area contributed by atoms with Crippen LogP contribution in [0.25, 0.3) is 0 Å². The smallest absolute Gasteiger partial charge is 0.257 e. The summed E-state index contributed by atoms with van der Waals surface area (Å²) in [6, 6.07) is 9.27. The summed E-state index contributed by atoms with van der Waals surface area (Å²) < 4.78 is 12.4. The van der Waals surface area contributed by atoms with Gasteiger partial charge < -0.3 is 20.1 Å². The molecule has 0 saturated carbocycles. The predicted molar refractivity (Wildman–Crippen MR) is 98.4 cm³/mol. The van der Waals surface area contributed by atoms with Crippen molar-refractivity contribution in [3.05, 3.63) is 41.6 Å². The highest BCUT2D eigenvalue weighted by Gasteiger charge is 2.12. The first kappa shape index (κ1) is 20.8. The van der Waals surface area contributed by atoms with Gasteiger partial charge in [-0.15, -0.1) is 12.4 Å². The number of hydrogen-bond donors (Lipinski definition) is 2. The van der Waals surface area contributed by atoms with Crippen LogP contribution >= 0.6 is 12.4 Å². The van der Waals surface area contributed by atoms with Crippen LogP contribution in [0.15, 0.2) is 30.3 Å². The molecule has 25 heavy (non-hydrogen) atoms. The number of carbonyl (C=O) groups is 1. The third-order valence-electron chi connectivity index (χ3n) is 3.52. The Bertz CT molecular complexity index is 661. The van der Waals surface area contributed by atoms with E-state index in [-0.39, 0.29) is 24.9 Å². The molecule has 1 aromatic carbocycles. The number of methoxy groups -OCH3 is 1. The van der Waals surface area contributed by atoms with Crippen molar-refractivity contribution in [3.8, 4) is 11.6 Å². The third-order valence-corrected chi connectivity index (χ3v) is 3.52. The average molecular weight is 369 g/mol. The zero-order valence-electron chi connectivity index (χ0n) is 14.7. The minimum Gasteiger partial charge on any atom is -0.484 e. The molecule has 7 nitrogen and oxygen atoms in total. The fraction of sp³-hybridized carbons (Fsp3) is 0.412. The lowest BCUT2D eigenvalue weighted by molar-refractivity contribution is -0.123. The number of benzene rings is 1. The van der Waals surface area contributed by atoms with E-state index in [1.54, 1.807) is 11.8 Å². The van der Waals surface area contributed by atoms with E-state index in [0.717, 1.165) is 17.1 Å². The molecule has 138 valence electrons. The second-order valence-corrected chi connectivity index (χ2v) is 5.33. The Kier molecular flexibility index (Phi) is 8.80. The first-order valence-electron chi connectivity index (χ1n) is 7.83. The maximum Gasteiger partial charge on any atom is 0.257 e. The van der Waals surface area contributed by atoms with Crippen LogP contribution in [-0.4, -0.2) is 42.5 Å². The molecule has 0 fully saturated rings. The van der Waals surface area contributed by atoms with Gasteiger partial charge >= 0.3 is 0 Å². The molecule has 0 aliphatic heterocycles. The van der Waals surface area contributed by atoms with Gasteiger partial charge in [0.2, 0.25) is 5.88 Å². The van der Waals surface area contributed by atoms with Crippen molar-refractivity contribution in [3.63, 3.8) is 0 Å². The molecule has 1 heterocycles. The molecule has 0 aliphatic rings. The number of para-hydroxylation sites is 1. The molecular formula is C17H25ClN4O3. The van der Waals surface area contributed by atoms with Gasteiger partial charge in [0.05, 0.1) is 18.4 Å². The van der Waals surface area contributed by atoms with Crippen LogP contribution in [0.4, 0.5) is 0 Å². The maximum absolute atomic E-state index is 11.7. The number of rotatable bonds is 9.